The van der Waals surface area contributed by atoms with E-state index in [4.69, 9.17) is 5.26 Å². The molecule has 0 bridgehead atoms. The zero-order chi connectivity index (χ0) is 19.4. The molecule has 4 nitrogen and oxygen atoms in total. The molecule has 0 atom stereocenters. The SMILES string of the molecule is Cc1c(C#Cc2ccccn2)c(CC(F)F)nn1-c1cc(F)cc(C#N)c1. The molecule has 2 heterocycles. The summed E-state index contributed by atoms with van der Waals surface area (Å²) in [5.74, 6) is 5.06. The molecular formula is C20H13F3N4. The standard InChI is InChI=1S/C20H13F3N4/c1-13-18(6-5-16-4-2-3-7-25-16)19(11-20(22)23)26-27(13)17-9-14(12-24)8-15(21)10-17/h2-4,7-10,20H,11H2,1H3. The number of alkyl halides is 2. The molecule has 3 aromatic rings. The van der Waals surface area contributed by atoms with Gasteiger partial charge in [0.05, 0.1) is 40.7 Å². The Morgan fingerprint density at radius 2 is 2.00 bits per heavy atom. The van der Waals surface area contributed by atoms with Gasteiger partial charge >= 0.3 is 0 Å². The number of nitrogens with zero attached hydrogens (tertiary/aromatic N) is 4. The molecule has 1 aromatic carbocycles. The Labute approximate surface area is 153 Å². The van der Waals surface area contributed by atoms with E-state index in [0.29, 0.717) is 17.0 Å². The van der Waals surface area contributed by atoms with Crippen LogP contribution in [-0.2, 0) is 6.42 Å². The number of halogens is 3. The summed E-state index contributed by atoms with van der Waals surface area (Å²) < 4.78 is 41.0. The first-order valence-electron chi connectivity index (χ1n) is 7.98. The van der Waals surface area contributed by atoms with Crippen molar-refractivity contribution in [3.8, 4) is 23.6 Å². The van der Waals surface area contributed by atoms with Crippen LogP contribution in [0, 0.1) is 35.9 Å². The van der Waals surface area contributed by atoms with E-state index in [1.165, 1.54) is 16.8 Å². The Balaban J connectivity index is 2.13. The van der Waals surface area contributed by atoms with Gasteiger partial charge in [-0.1, -0.05) is 12.0 Å². The minimum atomic E-state index is -2.61. The Bertz CT molecular complexity index is 1070. The Morgan fingerprint density at radius 3 is 2.67 bits per heavy atom. The maximum absolute atomic E-state index is 13.8. The van der Waals surface area contributed by atoms with Gasteiger partial charge in [0, 0.05) is 6.20 Å². The van der Waals surface area contributed by atoms with Crippen molar-refractivity contribution in [3.63, 3.8) is 0 Å². The Morgan fingerprint density at radius 1 is 1.19 bits per heavy atom. The Kier molecular flexibility index (Phi) is 5.23. The van der Waals surface area contributed by atoms with Crippen molar-refractivity contribution in [1.29, 1.82) is 5.26 Å². The maximum atomic E-state index is 13.8. The third-order valence-corrected chi connectivity index (χ3v) is 3.77. The van der Waals surface area contributed by atoms with Gasteiger partial charge in [-0.25, -0.2) is 22.8 Å². The first-order valence-corrected chi connectivity index (χ1v) is 7.98. The van der Waals surface area contributed by atoms with Crippen molar-refractivity contribution in [3.05, 3.63) is 76.6 Å². The van der Waals surface area contributed by atoms with Gasteiger partial charge in [-0.15, -0.1) is 0 Å². The van der Waals surface area contributed by atoms with E-state index in [1.54, 1.807) is 31.3 Å². The highest BCUT2D eigenvalue weighted by Gasteiger charge is 2.18. The van der Waals surface area contributed by atoms with E-state index in [2.05, 4.69) is 21.9 Å². The van der Waals surface area contributed by atoms with Crippen LogP contribution in [0.25, 0.3) is 5.69 Å². The van der Waals surface area contributed by atoms with Crippen LogP contribution in [0.15, 0.2) is 42.6 Å². The lowest BCUT2D eigenvalue weighted by Gasteiger charge is -2.05. The number of rotatable bonds is 3. The van der Waals surface area contributed by atoms with Crippen molar-refractivity contribution in [2.24, 2.45) is 0 Å². The minimum absolute atomic E-state index is 0.105. The molecule has 2 aromatic heterocycles. The van der Waals surface area contributed by atoms with Crippen LogP contribution in [0.4, 0.5) is 13.2 Å². The molecule has 0 saturated heterocycles. The van der Waals surface area contributed by atoms with Gasteiger partial charge in [-0.05, 0) is 43.2 Å². The molecule has 0 aliphatic heterocycles. The fourth-order valence-corrected chi connectivity index (χ4v) is 2.59. The summed E-state index contributed by atoms with van der Waals surface area (Å²) in [5, 5.41) is 13.2. The first-order chi connectivity index (χ1) is 13.0. The molecular weight excluding hydrogens is 353 g/mol. The van der Waals surface area contributed by atoms with Crippen LogP contribution >= 0.6 is 0 Å². The van der Waals surface area contributed by atoms with Crippen molar-refractivity contribution in [2.45, 2.75) is 19.8 Å². The third kappa shape index (κ3) is 4.16. The normalized spacial score (nSPS) is 10.4. The lowest BCUT2D eigenvalue weighted by atomic mass is 10.1. The average molecular weight is 366 g/mol. The minimum Gasteiger partial charge on any atom is -0.248 e. The highest BCUT2D eigenvalue weighted by Crippen LogP contribution is 2.21. The lowest BCUT2D eigenvalue weighted by Crippen LogP contribution is -2.02. The van der Waals surface area contributed by atoms with Gasteiger partial charge in [-0.2, -0.15) is 10.4 Å². The second-order valence-corrected chi connectivity index (χ2v) is 5.69. The molecule has 0 amide bonds. The lowest BCUT2D eigenvalue weighted by molar-refractivity contribution is 0.147. The van der Waals surface area contributed by atoms with E-state index in [0.717, 1.165) is 6.07 Å². The molecule has 0 spiro atoms. The summed E-state index contributed by atoms with van der Waals surface area (Å²) in [6.45, 7) is 1.65. The van der Waals surface area contributed by atoms with Crippen LogP contribution in [0.1, 0.15) is 28.2 Å². The molecule has 0 N–H and O–H groups in total. The number of pyridine rings is 1. The largest absolute Gasteiger partial charge is 0.248 e. The highest BCUT2D eigenvalue weighted by molar-refractivity contribution is 5.50. The van der Waals surface area contributed by atoms with Crippen LogP contribution in [0.2, 0.25) is 0 Å². The van der Waals surface area contributed by atoms with E-state index in [1.807, 2.05) is 6.07 Å². The summed E-state index contributed by atoms with van der Waals surface area (Å²) in [6.07, 6.45) is -1.61. The van der Waals surface area contributed by atoms with Gasteiger partial charge in [0.2, 0.25) is 6.43 Å². The second-order valence-electron chi connectivity index (χ2n) is 5.69. The smallest absolute Gasteiger partial charge is 0.244 e. The van der Waals surface area contributed by atoms with E-state index < -0.39 is 18.7 Å². The highest BCUT2D eigenvalue weighted by atomic mass is 19.3. The van der Waals surface area contributed by atoms with Gasteiger partial charge in [-0.3, -0.25) is 0 Å². The zero-order valence-corrected chi connectivity index (χ0v) is 14.2. The van der Waals surface area contributed by atoms with Crippen LogP contribution in [-0.4, -0.2) is 21.2 Å². The summed E-state index contributed by atoms with van der Waals surface area (Å²) >= 11 is 0. The van der Waals surface area contributed by atoms with E-state index in [9.17, 15) is 13.2 Å². The summed E-state index contributed by atoms with van der Waals surface area (Å²) in [6, 6.07) is 10.8. The van der Waals surface area contributed by atoms with Gasteiger partial charge < -0.3 is 0 Å². The van der Waals surface area contributed by atoms with E-state index in [-0.39, 0.29) is 16.9 Å². The van der Waals surface area contributed by atoms with E-state index >= 15 is 0 Å². The summed E-state index contributed by atoms with van der Waals surface area (Å²) in [7, 11) is 0. The molecule has 7 heteroatoms. The number of hydrogen-bond donors (Lipinski definition) is 0. The molecule has 27 heavy (non-hydrogen) atoms. The quantitative estimate of drug-likeness (QED) is 0.663. The first kappa shape index (κ1) is 18.2. The third-order valence-electron chi connectivity index (χ3n) is 3.77. The molecule has 134 valence electrons. The number of benzene rings is 1. The van der Waals surface area contributed by atoms with Crippen molar-refractivity contribution in [2.75, 3.05) is 0 Å². The molecule has 0 saturated carbocycles. The van der Waals surface area contributed by atoms with Crippen LogP contribution in [0.5, 0.6) is 0 Å². The monoisotopic (exact) mass is 366 g/mol. The number of aromatic nitrogens is 3. The molecule has 0 aliphatic carbocycles. The van der Waals surface area contributed by atoms with Crippen LogP contribution in [0.3, 0.4) is 0 Å². The number of nitriles is 1. The maximum Gasteiger partial charge on any atom is 0.244 e. The van der Waals surface area contributed by atoms with Gasteiger partial charge in [0.25, 0.3) is 0 Å². The predicted octanol–water partition coefficient (Wildman–Crippen LogP) is 3.79. The van der Waals surface area contributed by atoms with Crippen molar-refractivity contribution < 1.29 is 13.2 Å². The summed E-state index contributed by atoms with van der Waals surface area (Å²) in [5.41, 5.74) is 1.79. The van der Waals surface area contributed by atoms with Crippen molar-refractivity contribution >= 4 is 0 Å². The molecule has 0 fully saturated rings. The summed E-state index contributed by atoms with van der Waals surface area (Å²) in [4.78, 5) is 4.08. The molecule has 3 rings (SSSR count). The van der Waals surface area contributed by atoms with Crippen LogP contribution < -0.4 is 0 Å². The predicted molar refractivity (Wildman–Crippen MR) is 92.9 cm³/mol. The fourth-order valence-electron chi connectivity index (χ4n) is 2.59. The number of hydrogen-bond acceptors (Lipinski definition) is 3. The zero-order valence-electron chi connectivity index (χ0n) is 14.2. The van der Waals surface area contributed by atoms with Crippen molar-refractivity contribution in [1.82, 2.24) is 14.8 Å². The topological polar surface area (TPSA) is 54.5 Å². The second kappa shape index (κ2) is 7.76. The molecule has 0 aliphatic rings. The molecule has 0 unspecified atom stereocenters. The average Bonchev–Trinajstić information content (AvgIpc) is 2.95. The van der Waals surface area contributed by atoms with Gasteiger partial charge in [0.1, 0.15) is 11.5 Å². The Hall–Kier alpha value is -3.58. The van der Waals surface area contributed by atoms with Gasteiger partial charge in [0.15, 0.2) is 0 Å². The fraction of sp³-hybridized carbons (Fsp3) is 0.150. The molecule has 0 radical (unpaired) electrons.